The zero-order valence-corrected chi connectivity index (χ0v) is 19.8. The molecule has 0 saturated carbocycles. The van der Waals surface area contributed by atoms with Gasteiger partial charge in [0.15, 0.2) is 5.96 Å². The number of methoxy groups -OCH3 is 1. The minimum Gasteiger partial charge on any atom is -0.385 e. The number of carbonyl (C=O) groups excluding carboxylic acids is 1. The lowest BCUT2D eigenvalue weighted by Crippen LogP contribution is -2.39. The van der Waals surface area contributed by atoms with E-state index in [2.05, 4.69) is 37.9 Å². The fourth-order valence-electron chi connectivity index (χ4n) is 2.31. The highest BCUT2D eigenvalue weighted by molar-refractivity contribution is 14.0. The summed E-state index contributed by atoms with van der Waals surface area (Å²) >= 11 is 0. The number of rotatable bonds is 12. The average Bonchev–Trinajstić information content (AvgIpc) is 2.64. The van der Waals surface area contributed by atoms with Crippen LogP contribution in [0.5, 0.6) is 0 Å². The molecule has 0 saturated heterocycles. The SMILES string of the molecule is CCNC(=NCCN(C)CCCOC)NCCC(=O)Nc1ccc(C)cn1.I. The topological polar surface area (TPSA) is 90.9 Å². The molecule has 160 valence electrons. The molecule has 1 heterocycles. The number of guanidine groups is 1. The zero-order chi connectivity index (χ0) is 19.9. The predicted molar refractivity (Wildman–Crippen MR) is 126 cm³/mol. The smallest absolute Gasteiger partial charge is 0.227 e. The van der Waals surface area contributed by atoms with Gasteiger partial charge >= 0.3 is 0 Å². The third-order valence-electron chi connectivity index (χ3n) is 3.81. The highest BCUT2D eigenvalue weighted by atomic mass is 127. The van der Waals surface area contributed by atoms with Crippen LogP contribution in [0, 0.1) is 6.92 Å². The summed E-state index contributed by atoms with van der Waals surface area (Å²) in [5.74, 6) is 1.22. The van der Waals surface area contributed by atoms with Gasteiger partial charge in [0.25, 0.3) is 0 Å². The van der Waals surface area contributed by atoms with Crippen LogP contribution in [0.1, 0.15) is 25.3 Å². The van der Waals surface area contributed by atoms with Gasteiger partial charge in [0.05, 0.1) is 6.54 Å². The van der Waals surface area contributed by atoms with Crippen molar-refractivity contribution < 1.29 is 9.53 Å². The van der Waals surface area contributed by atoms with Crippen molar-refractivity contribution in [3.05, 3.63) is 23.9 Å². The van der Waals surface area contributed by atoms with Crippen molar-refractivity contribution >= 4 is 41.7 Å². The monoisotopic (exact) mass is 506 g/mol. The van der Waals surface area contributed by atoms with Gasteiger partial charge in [-0.3, -0.25) is 9.79 Å². The van der Waals surface area contributed by atoms with Gasteiger partial charge in [0.1, 0.15) is 5.82 Å². The molecule has 0 aliphatic rings. The van der Waals surface area contributed by atoms with Crippen molar-refractivity contribution in [1.29, 1.82) is 0 Å². The van der Waals surface area contributed by atoms with Gasteiger partial charge in [0.2, 0.25) is 5.91 Å². The van der Waals surface area contributed by atoms with Gasteiger partial charge < -0.3 is 25.6 Å². The van der Waals surface area contributed by atoms with Crippen LogP contribution in [0.2, 0.25) is 0 Å². The number of aryl methyl sites for hydroxylation is 1. The molecule has 0 aromatic carbocycles. The fraction of sp³-hybridized carbons (Fsp3) is 0.632. The molecule has 0 aliphatic carbocycles. The molecule has 0 radical (unpaired) electrons. The van der Waals surface area contributed by atoms with Crippen molar-refractivity contribution in [3.8, 4) is 0 Å². The lowest BCUT2D eigenvalue weighted by molar-refractivity contribution is -0.116. The lowest BCUT2D eigenvalue weighted by Gasteiger charge is -2.16. The van der Waals surface area contributed by atoms with Crippen LogP contribution in [0.15, 0.2) is 23.3 Å². The van der Waals surface area contributed by atoms with Gasteiger partial charge in [-0.15, -0.1) is 24.0 Å². The Morgan fingerprint density at radius 2 is 2.07 bits per heavy atom. The molecule has 1 aromatic rings. The molecule has 1 aromatic heterocycles. The molecule has 9 heteroatoms. The van der Waals surface area contributed by atoms with Crippen LogP contribution in [-0.2, 0) is 9.53 Å². The van der Waals surface area contributed by atoms with Crippen molar-refractivity contribution in [2.24, 2.45) is 4.99 Å². The number of likely N-dealkylation sites (N-methyl/N-ethyl adjacent to an activating group) is 1. The number of pyridine rings is 1. The van der Waals surface area contributed by atoms with Gasteiger partial charge in [-0.25, -0.2) is 4.98 Å². The second-order valence-corrected chi connectivity index (χ2v) is 6.36. The van der Waals surface area contributed by atoms with Crippen molar-refractivity contribution in [3.63, 3.8) is 0 Å². The number of hydrogen-bond acceptors (Lipinski definition) is 5. The first-order valence-electron chi connectivity index (χ1n) is 9.47. The Kier molecular flexibility index (Phi) is 15.6. The molecule has 3 N–H and O–H groups in total. The van der Waals surface area contributed by atoms with E-state index in [0.29, 0.717) is 25.3 Å². The molecular formula is C19H35IN6O2. The van der Waals surface area contributed by atoms with Crippen molar-refractivity contribution in [1.82, 2.24) is 20.5 Å². The third kappa shape index (κ3) is 12.8. The molecule has 0 atom stereocenters. The van der Waals surface area contributed by atoms with Crippen LogP contribution < -0.4 is 16.0 Å². The van der Waals surface area contributed by atoms with E-state index >= 15 is 0 Å². The van der Waals surface area contributed by atoms with Crippen LogP contribution >= 0.6 is 24.0 Å². The quantitative estimate of drug-likeness (QED) is 0.174. The van der Waals surface area contributed by atoms with Crippen molar-refractivity contribution in [2.75, 3.05) is 58.8 Å². The molecule has 0 unspecified atom stereocenters. The van der Waals surface area contributed by atoms with E-state index in [1.54, 1.807) is 19.4 Å². The van der Waals surface area contributed by atoms with Gasteiger partial charge in [-0.1, -0.05) is 6.07 Å². The highest BCUT2D eigenvalue weighted by Gasteiger charge is 2.04. The Labute approximate surface area is 185 Å². The number of nitrogens with one attached hydrogen (secondary N) is 3. The van der Waals surface area contributed by atoms with Gasteiger partial charge in [0, 0.05) is 52.5 Å². The van der Waals surface area contributed by atoms with E-state index in [0.717, 1.165) is 44.2 Å². The number of nitrogens with zero attached hydrogens (tertiary/aromatic N) is 3. The molecule has 1 rings (SSSR count). The summed E-state index contributed by atoms with van der Waals surface area (Å²) in [6.45, 7) is 8.59. The number of amides is 1. The van der Waals surface area contributed by atoms with Crippen molar-refractivity contribution in [2.45, 2.75) is 26.7 Å². The first kappa shape index (κ1) is 26.5. The second-order valence-electron chi connectivity index (χ2n) is 6.36. The minimum absolute atomic E-state index is 0. The van der Waals surface area contributed by atoms with Gasteiger partial charge in [-0.05, 0) is 38.9 Å². The first-order chi connectivity index (χ1) is 13.0. The summed E-state index contributed by atoms with van der Waals surface area (Å²) < 4.78 is 5.06. The van der Waals surface area contributed by atoms with Crippen LogP contribution in [-0.4, -0.2) is 75.2 Å². The average molecular weight is 506 g/mol. The summed E-state index contributed by atoms with van der Waals surface area (Å²) in [5.41, 5.74) is 1.06. The van der Waals surface area contributed by atoms with Crippen LogP contribution in [0.3, 0.4) is 0 Å². The number of aliphatic imine (C=N–C) groups is 1. The minimum atomic E-state index is -0.0763. The summed E-state index contributed by atoms with van der Waals surface area (Å²) in [5, 5.41) is 9.18. The highest BCUT2D eigenvalue weighted by Crippen LogP contribution is 2.03. The van der Waals surface area contributed by atoms with Crippen LogP contribution in [0.4, 0.5) is 5.82 Å². The summed E-state index contributed by atoms with van der Waals surface area (Å²) in [6.07, 6.45) is 3.09. The van der Waals surface area contributed by atoms with E-state index < -0.39 is 0 Å². The second kappa shape index (κ2) is 16.5. The summed E-state index contributed by atoms with van der Waals surface area (Å²) in [4.78, 5) is 23.0. The summed E-state index contributed by atoms with van der Waals surface area (Å²) in [6, 6.07) is 3.72. The zero-order valence-electron chi connectivity index (χ0n) is 17.5. The number of ether oxygens (including phenoxy) is 1. The fourth-order valence-corrected chi connectivity index (χ4v) is 2.31. The number of anilines is 1. The van der Waals surface area contributed by atoms with Crippen LogP contribution in [0.25, 0.3) is 0 Å². The molecular weight excluding hydrogens is 471 g/mol. The van der Waals surface area contributed by atoms with E-state index in [-0.39, 0.29) is 29.9 Å². The molecule has 0 fully saturated rings. The first-order valence-corrected chi connectivity index (χ1v) is 9.47. The number of halogens is 1. The maximum Gasteiger partial charge on any atom is 0.227 e. The van der Waals surface area contributed by atoms with E-state index in [9.17, 15) is 4.79 Å². The molecule has 0 aliphatic heterocycles. The predicted octanol–water partition coefficient (Wildman–Crippen LogP) is 1.86. The number of hydrogen-bond donors (Lipinski definition) is 3. The Hall–Kier alpha value is -1.46. The molecule has 28 heavy (non-hydrogen) atoms. The standard InChI is InChI=1S/C19H34N6O2.HI/c1-5-20-19(22-11-13-25(3)12-6-14-27-4)21-10-9-18(26)24-17-8-7-16(2)15-23-17;/h7-8,15H,5-6,9-14H2,1-4H3,(H2,20,21,22)(H,23,24,26);1H. The molecule has 0 spiro atoms. The normalized spacial score (nSPS) is 11.1. The maximum absolute atomic E-state index is 12.0. The Morgan fingerprint density at radius 3 is 2.71 bits per heavy atom. The van der Waals surface area contributed by atoms with E-state index in [4.69, 9.17) is 4.74 Å². The Morgan fingerprint density at radius 1 is 1.29 bits per heavy atom. The Balaban J connectivity index is 0.00000729. The largest absolute Gasteiger partial charge is 0.385 e. The number of aromatic nitrogens is 1. The van der Waals surface area contributed by atoms with Gasteiger partial charge in [-0.2, -0.15) is 0 Å². The third-order valence-corrected chi connectivity index (χ3v) is 3.81. The Bertz CT molecular complexity index is 568. The van der Waals surface area contributed by atoms with E-state index in [1.165, 1.54) is 0 Å². The number of carbonyl (C=O) groups is 1. The maximum atomic E-state index is 12.0. The summed E-state index contributed by atoms with van der Waals surface area (Å²) in [7, 11) is 3.80. The molecule has 1 amide bonds. The van der Waals surface area contributed by atoms with E-state index in [1.807, 2.05) is 19.9 Å². The lowest BCUT2D eigenvalue weighted by atomic mass is 10.3. The molecule has 8 nitrogen and oxygen atoms in total. The molecule has 0 bridgehead atoms.